The minimum atomic E-state index is 0.448. The first-order valence-electron chi connectivity index (χ1n) is 7.52. The van der Waals surface area contributed by atoms with E-state index in [4.69, 9.17) is 0 Å². The third-order valence-corrected chi connectivity index (χ3v) is 4.37. The van der Waals surface area contributed by atoms with Crippen LogP contribution in [0.5, 0.6) is 0 Å². The highest BCUT2D eigenvalue weighted by Crippen LogP contribution is 2.24. The number of likely N-dealkylation sites (tertiary alicyclic amines) is 1. The maximum Gasteiger partial charge on any atom is 0.00474 e. The van der Waals surface area contributed by atoms with E-state index in [-0.39, 0.29) is 0 Å². The predicted molar refractivity (Wildman–Crippen MR) is 76.4 cm³/mol. The highest BCUT2D eigenvalue weighted by Gasteiger charge is 2.25. The molecule has 0 aromatic heterocycles. The van der Waals surface area contributed by atoms with Crippen molar-refractivity contribution in [3.63, 3.8) is 0 Å². The maximum atomic E-state index is 3.53. The Bertz CT molecular complexity index is 205. The average Bonchev–Trinajstić information content (AvgIpc) is 2.52. The topological polar surface area (TPSA) is 15.3 Å². The zero-order valence-corrected chi connectivity index (χ0v) is 12.4. The van der Waals surface area contributed by atoms with E-state index in [0.29, 0.717) is 5.41 Å². The number of nitrogens with zero attached hydrogens (tertiary/aromatic N) is 1. The fourth-order valence-electron chi connectivity index (χ4n) is 2.74. The second-order valence-corrected chi connectivity index (χ2v) is 6.26. The van der Waals surface area contributed by atoms with E-state index in [9.17, 15) is 0 Å². The van der Waals surface area contributed by atoms with Gasteiger partial charge in [0.05, 0.1) is 0 Å². The smallest absolute Gasteiger partial charge is 0.00474 e. The summed E-state index contributed by atoms with van der Waals surface area (Å²) in [4.78, 5) is 2.70. The van der Waals surface area contributed by atoms with Crippen molar-refractivity contribution >= 4 is 0 Å². The molecule has 0 aliphatic carbocycles. The fourth-order valence-corrected chi connectivity index (χ4v) is 2.74. The van der Waals surface area contributed by atoms with E-state index in [1.807, 2.05) is 0 Å². The van der Waals surface area contributed by atoms with Crippen LogP contribution in [0.15, 0.2) is 0 Å². The molecule has 1 rings (SSSR count). The molecule has 0 spiro atoms. The molecule has 1 aliphatic heterocycles. The zero-order chi connectivity index (χ0) is 12.7. The van der Waals surface area contributed by atoms with Crippen LogP contribution in [0.1, 0.15) is 53.4 Å². The molecule has 17 heavy (non-hydrogen) atoms. The van der Waals surface area contributed by atoms with Crippen molar-refractivity contribution < 1.29 is 0 Å². The Morgan fingerprint density at radius 2 is 2.00 bits per heavy atom. The van der Waals surface area contributed by atoms with Gasteiger partial charge < -0.3 is 10.2 Å². The van der Waals surface area contributed by atoms with Gasteiger partial charge in [0.1, 0.15) is 0 Å². The molecular formula is C15H32N2. The van der Waals surface area contributed by atoms with Crippen LogP contribution >= 0.6 is 0 Å². The lowest BCUT2D eigenvalue weighted by molar-refractivity contribution is 0.158. The summed E-state index contributed by atoms with van der Waals surface area (Å²) in [5.41, 5.74) is 0.448. The van der Waals surface area contributed by atoms with Gasteiger partial charge in [0.2, 0.25) is 0 Å². The molecule has 1 fully saturated rings. The average molecular weight is 240 g/mol. The molecule has 1 saturated heterocycles. The molecule has 0 bridgehead atoms. The summed E-state index contributed by atoms with van der Waals surface area (Å²) in [6.07, 6.45) is 5.47. The standard InChI is InChI=1S/C15H32N2/c1-5-15(4,12-16-6-2)13-17-10-7-8-14(3)9-11-17/h14,16H,5-13H2,1-4H3. The lowest BCUT2D eigenvalue weighted by atomic mass is 9.86. The molecule has 0 aromatic carbocycles. The van der Waals surface area contributed by atoms with Crippen molar-refractivity contribution in [3.8, 4) is 0 Å². The third-order valence-electron chi connectivity index (χ3n) is 4.37. The van der Waals surface area contributed by atoms with Crippen molar-refractivity contribution in [2.24, 2.45) is 11.3 Å². The zero-order valence-electron chi connectivity index (χ0n) is 12.4. The van der Waals surface area contributed by atoms with Crippen molar-refractivity contribution in [1.82, 2.24) is 10.2 Å². The highest BCUT2D eigenvalue weighted by molar-refractivity contribution is 4.81. The molecule has 2 heteroatoms. The van der Waals surface area contributed by atoms with Gasteiger partial charge >= 0.3 is 0 Å². The van der Waals surface area contributed by atoms with Crippen LogP contribution in [0.2, 0.25) is 0 Å². The van der Waals surface area contributed by atoms with Crippen LogP contribution in [0, 0.1) is 11.3 Å². The van der Waals surface area contributed by atoms with Crippen LogP contribution in [-0.4, -0.2) is 37.6 Å². The van der Waals surface area contributed by atoms with Crippen molar-refractivity contribution in [2.75, 3.05) is 32.7 Å². The quantitative estimate of drug-likeness (QED) is 0.767. The first kappa shape index (κ1) is 15.0. The molecule has 0 aromatic rings. The number of rotatable bonds is 6. The minimum absolute atomic E-state index is 0.448. The Morgan fingerprint density at radius 1 is 1.24 bits per heavy atom. The Hall–Kier alpha value is -0.0800. The molecule has 102 valence electrons. The molecule has 2 nitrogen and oxygen atoms in total. The normalized spacial score (nSPS) is 26.5. The van der Waals surface area contributed by atoms with Gasteiger partial charge in [0.25, 0.3) is 0 Å². The molecule has 1 aliphatic rings. The van der Waals surface area contributed by atoms with E-state index < -0.39 is 0 Å². The second kappa shape index (κ2) is 7.38. The van der Waals surface area contributed by atoms with E-state index >= 15 is 0 Å². The summed E-state index contributed by atoms with van der Waals surface area (Å²) in [6.45, 7) is 15.5. The second-order valence-electron chi connectivity index (χ2n) is 6.26. The van der Waals surface area contributed by atoms with Crippen LogP contribution in [0.3, 0.4) is 0 Å². The number of nitrogens with one attached hydrogen (secondary N) is 1. The fraction of sp³-hybridized carbons (Fsp3) is 1.00. The van der Waals surface area contributed by atoms with Gasteiger partial charge in [-0.3, -0.25) is 0 Å². The molecular weight excluding hydrogens is 208 g/mol. The van der Waals surface area contributed by atoms with Crippen LogP contribution < -0.4 is 5.32 Å². The summed E-state index contributed by atoms with van der Waals surface area (Å²) in [5.74, 6) is 0.932. The van der Waals surface area contributed by atoms with E-state index in [1.54, 1.807) is 0 Å². The van der Waals surface area contributed by atoms with Crippen molar-refractivity contribution in [1.29, 1.82) is 0 Å². The molecule has 2 atom stereocenters. The predicted octanol–water partition coefficient (Wildman–Crippen LogP) is 3.13. The van der Waals surface area contributed by atoms with Gasteiger partial charge in [-0.25, -0.2) is 0 Å². The van der Waals surface area contributed by atoms with E-state index in [2.05, 4.69) is 37.9 Å². The van der Waals surface area contributed by atoms with Gasteiger partial charge in [0.15, 0.2) is 0 Å². The first-order chi connectivity index (χ1) is 8.09. The van der Waals surface area contributed by atoms with Crippen LogP contribution in [0.4, 0.5) is 0 Å². The summed E-state index contributed by atoms with van der Waals surface area (Å²) in [7, 11) is 0. The molecule has 0 saturated carbocycles. The number of hydrogen-bond acceptors (Lipinski definition) is 2. The Labute approximate surface area is 108 Å². The minimum Gasteiger partial charge on any atom is -0.316 e. The van der Waals surface area contributed by atoms with Crippen molar-refractivity contribution in [3.05, 3.63) is 0 Å². The van der Waals surface area contributed by atoms with E-state index in [0.717, 1.165) is 19.0 Å². The van der Waals surface area contributed by atoms with Gasteiger partial charge in [-0.2, -0.15) is 0 Å². The van der Waals surface area contributed by atoms with Gasteiger partial charge in [-0.1, -0.05) is 27.7 Å². The summed E-state index contributed by atoms with van der Waals surface area (Å²) in [5, 5.41) is 3.53. The summed E-state index contributed by atoms with van der Waals surface area (Å²) >= 11 is 0. The lowest BCUT2D eigenvalue weighted by Gasteiger charge is -2.34. The highest BCUT2D eigenvalue weighted by atomic mass is 15.1. The molecule has 1 heterocycles. The molecule has 1 N–H and O–H groups in total. The Balaban J connectivity index is 2.43. The summed E-state index contributed by atoms with van der Waals surface area (Å²) < 4.78 is 0. The van der Waals surface area contributed by atoms with Gasteiger partial charge in [0, 0.05) is 13.1 Å². The Morgan fingerprint density at radius 3 is 2.65 bits per heavy atom. The maximum absolute atomic E-state index is 3.53. The van der Waals surface area contributed by atoms with Gasteiger partial charge in [-0.05, 0) is 56.7 Å². The summed E-state index contributed by atoms with van der Waals surface area (Å²) in [6, 6.07) is 0. The lowest BCUT2D eigenvalue weighted by Crippen LogP contribution is -2.42. The SMILES string of the molecule is CCNCC(C)(CC)CN1CCCC(C)CC1. The van der Waals surface area contributed by atoms with Gasteiger partial charge in [-0.15, -0.1) is 0 Å². The largest absolute Gasteiger partial charge is 0.316 e. The first-order valence-corrected chi connectivity index (χ1v) is 7.52. The van der Waals surface area contributed by atoms with Crippen LogP contribution in [-0.2, 0) is 0 Å². The molecule has 0 amide bonds. The Kier molecular flexibility index (Phi) is 6.50. The third kappa shape index (κ3) is 5.39. The van der Waals surface area contributed by atoms with Crippen LogP contribution in [0.25, 0.3) is 0 Å². The molecule has 2 unspecified atom stereocenters. The monoisotopic (exact) mass is 240 g/mol. The van der Waals surface area contributed by atoms with Crippen molar-refractivity contribution in [2.45, 2.75) is 53.4 Å². The number of hydrogen-bond donors (Lipinski definition) is 1. The van der Waals surface area contributed by atoms with E-state index in [1.165, 1.54) is 45.3 Å². The molecule has 0 radical (unpaired) electrons.